The smallest absolute Gasteiger partial charge is 0.391 e. The number of carboxylic acid groups (broad SMARTS) is 1. The van der Waals surface area contributed by atoms with E-state index < -0.39 is 24.0 Å². The van der Waals surface area contributed by atoms with Crippen LogP contribution in [0, 0.1) is 11.8 Å². The lowest BCUT2D eigenvalue weighted by Gasteiger charge is -2.29. The van der Waals surface area contributed by atoms with Crippen molar-refractivity contribution in [3.05, 3.63) is 0 Å². The van der Waals surface area contributed by atoms with Crippen molar-refractivity contribution < 1.29 is 27.9 Å². The number of hydrogen-bond acceptors (Lipinski definition) is 2. The van der Waals surface area contributed by atoms with Gasteiger partial charge in [-0.3, -0.25) is 9.59 Å². The van der Waals surface area contributed by atoms with Crippen molar-refractivity contribution in [2.75, 3.05) is 6.54 Å². The molecule has 0 aromatic rings. The molecule has 0 bridgehead atoms. The second-order valence-electron chi connectivity index (χ2n) is 4.89. The summed E-state index contributed by atoms with van der Waals surface area (Å²) in [5.41, 5.74) is 0. The number of hydrogen-bond donors (Lipinski definition) is 2. The highest BCUT2D eigenvalue weighted by Gasteiger charge is 2.43. The Morgan fingerprint density at radius 3 is 2.53 bits per heavy atom. The van der Waals surface area contributed by atoms with Gasteiger partial charge in [-0.2, -0.15) is 13.2 Å². The van der Waals surface area contributed by atoms with Gasteiger partial charge < -0.3 is 10.4 Å². The average molecular weight is 281 g/mol. The van der Waals surface area contributed by atoms with Crippen molar-refractivity contribution in [1.82, 2.24) is 5.32 Å². The maximum Gasteiger partial charge on any atom is 0.391 e. The van der Waals surface area contributed by atoms with Crippen molar-refractivity contribution >= 4 is 11.9 Å². The Balaban J connectivity index is 2.34. The maximum atomic E-state index is 12.6. The van der Waals surface area contributed by atoms with Crippen LogP contribution in [-0.2, 0) is 9.59 Å². The van der Waals surface area contributed by atoms with E-state index in [1.807, 2.05) is 0 Å². The topological polar surface area (TPSA) is 66.4 Å². The van der Waals surface area contributed by atoms with Crippen LogP contribution in [0.2, 0.25) is 0 Å². The fourth-order valence-electron chi connectivity index (χ4n) is 2.32. The van der Waals surface area contributed by atoms with E-state index in [-0.39, 0.29) is 38.1 Å². The minimum absolute atomic E-state index is 0.0594. The summed E-state index contributed by atoms with van der Waals surface area (Å²) in [5, 5.41) is 10.9. The zero-order valence-electron chi connectivity index (χ0n) is 10.5. The minimum Gasteiger partial charge on any atom is -0.481 e. The molecule has 19 heavy (non-hydrogen) atoms. The van der Waals surface area contributed by atoms with Crippen molar-refractivity contribution in [3.63, 3.8) is 0 Å². The first-order chi connectivity index (χ1) is 8.80. The van der Waals surface area contributed by atoms with E-state index in [9.17, 15) is 22.8 Å². The predicted molar refractivity (Wildman–Crippen MR) is 61.4 cm³/mol. The van der Waals surface area contributed by atoms with Crippen molar-refractivity contribution in [3.8, 4) is 0 Å². The Morgan fingerprint density at radius 1 is 1.26 bits per heavy atom. The van der Waals surface area contributed by atoms with Crippen molar-refractivity contribution in [1.29, 1.82) is 0 Å². The molecule has 0 saturated heterocycles. The van der Waals surface area contributed by atoms with E-state index in [4.69, 9.17) is 5.11 Å². The van der Waals surface area contributed by atoms with Crippen LogP contribution in [0.15, 0.2) is 0 Å². The van der Waals surface area contributed by atoms with Crippen LogP contribution in [0.4, 0.5) is 13.2 Å². The first kappa shape index (κ1) is 15.8. The first-order valence-electron chi connectivity index (χ1n) is 6.37. The van der Waals surface area contributed by atoms with Gasteiger partial charge >= 0.3 is 12.1 Å². The number of nitrogens with one attached hydrogen (secondary N) is 1. The molecule has 2 atom stereocenters. The molecule has 0 aliphatic heterocycles. The highest BCUT2D eigenvalue weighted by molar-refractivity contribution is 5.78. The third-order valence-electron chi connectivity index (χ3n) is 3.37. The number of halogens is 3. The van der Waals surface area contributed by atoms with Gasteiger partial charge in [-0.25, -0.2) is 0 Å². The molecule has 0 aromatic heterocycles. The van der Waals surface area contributed by atoms with E-state index in [1.165, 1.54) is 0 Å². The van der Waals surface area contributed by atoms with Crippen LogP contribution in [0.25, 0.3) is 0 Å². The van der Waals surface area contributed by atoms with Crippen LogP contribution in [0.3, 0.4) is 0 Å². The summed E-state index contributed by atoms with van der Waals surface area (Å²) >= 11 is 0. The normalized spacial score (nSPS) is 23.9. The predicted octanol–water partition coefficient (Wildman–Crippen LogP) is 2.34. The molecule has 4 nitrogen and oxygen atoms in total. The van der Waals surface area contributed by atoms with Gasteiger partial charge in [0.05, 0.1) is 5.92 Å². The molecule has 1 fully saturated rings. The first-order valence-corrected chi connectivity index (χ1v) is 6.37. The summed E-state index contributed by atoms with van der Waals surface area (Å²) in [4.78, 5) is 22.0. The van der Waals surface area contributed by atoms with Crippen molar-refractivity contribution in [2.45, 2.75) is 44.7 Å². The molecule has 0 unspecified atom stereocenters. The standard InChI is InChI=1S/C12H18F3NO3/c13-12(14,15)9-4-1-3-8(7-9)11(19)16-6-2-5-10(17)18/h8-9H,1-7H2,(H,16,19)(H,17,18)/t8-,9-/m1/s1. The third-order valence-corrected chi connectivity index (χ3v) is 3.37. The Bertz CT molecular complexity index is 331. The molecule has 1 saturated carbocycles. The lowest BCUT2D eigenvalue weighted by atomic mass is 9.80. The van der Waals surface area contributed by atoms with Gasteiger partial charge in [0.25, 0.3) is 0 Å². The molecule has 1 amide bonds. The second kappa shape index (κ2) is 6.77. The molecule has 0 aromatic carbocycles. The van der Waals surface area contributed by atoms with E-state index in [0.717, 1.165) is 0 Å². The van der Waals surface area contributed by atoms with Gasteiger partial charge in [-0.05, 0) is 25.7 Å². The maximum absolute atomic E-state index is 12.6. The van der Waals surface area contributed by atoms with Gasteiger partial charge in [-0.15, -0.1) is 0 Å². The summed E-state index contributed by atoms with van der Waals surface area (Å²) in [6, 6.07) is 0. The Hall–Kier alpha value is -1.27. The molecule has 2 N–H and O–H groups in total. The lowest BCUT2D eigenvalue weighted by Crippen LogP contribution is -2.37. The quantitative estimate of drug-likeness (QED) is 0.760. The summed E-state index contributed by atoms with van der Waals surface area (Å²) in [6.45, 7) is 0.193. The molecular weight excluding hydrogens is 263 g/mol. The summed E-state index contributed by atoms with van der Waals surface area (Å²) in [6.07, 6.45) is -3.20. The van der Waals surface area contributed by atoms with E-state index in [2.05, 4.69) is 5.32 Å². The molecule has 1 aliphatic rings. The Kier molecular flexibility index (Phi) is 5.62. The van der Waals surface area contributed by atoms with E-state index in [0.29, 0.717) is 12.8 Å². The SMILES string of the molecule is O=C(O)CCCNC(=O)[C@@H]1CCC[C@@H](C(F)(F)F)C1. The number of carbonyl (C=O) groups excluding carboxylic acids is 1. The van der Waals surface area contributed by atoms with Crippen LogP contribution in [0.1, 0.15) is 38.5 Å². The summed E-state index contributed by atoms with van der Waals surface area (Å²) in [7, 11) is 0. The third kappa shape index (κ3) is 5.48. The number of rotatable bonds is 5. The summed E-state index contributed by atoms with van der Waals surface area (Å²) in [5.74, 6) is -3.34. The van der Waals surface area contributed by atoms with Gasteiger partial charge in [0.15, 0.2) is 0 Å². The van der Waals surface area contributed by atoms with E-state index >= 15 is 0 Å². The molecule has 1 rings (SSSR count). The molecule has 0 heterocycles. The molecule has 7 heteroatoms. The molecular formula is C12H18F3NO3. The molecule has 110 valence electrons. The monoisotopic (exact) mass is 281 g/mol. The number of alkyl halides is 3. The lowest BCUT2D eigenvalue weighted by molar-refractivity contribution is -0.186. The number of carbonyl (C=O) groups is 2. The Labute approximate surface area is 109 Å². The van der Waals surface area contributed by atoms with E-state index in [1.54, 1.807) is 0 Å². The fraction of sp³-hybridized carbons (Fsp3) is 0.833. The zero-order valence-corrected chi connectivity index (χ0v) is 10.5. The minimum atomic E-state index is -4.23. The van der Waals surface area contributed by atoms with Crippen LogP contribution in [0.5, 0.6) is 0 Å². The molecule has 0 spiro atoms. The van der Waals surface area contributed by atoms with Crippen molar-refractivity contribution in [2.24, 2.45) is 11.8 Å². The average Bonchev–Trinajstić information content (AvgIpc) is 2.33. The van der Waals surface area contributed by atoms with Crippen LogP contribution in [-0.4, -0.2) is 29.7 Å². The summed E-state index contributed by atoms with van der Waals surface area (Å²) < 4.78 is 37.7. The van der Waals surface area contributed by atoms with Gasteiger partial charge in [0, 0.05) is 18.9 Å². The molecule has 0 radical (unpaired) electrons. The van der Waals surface area contributed by atoms with Crippen LogP contribution < -0.4 is 5.32 Å². The zero-order chi connectivity index (χ0) is 14.5. The fourth-order valence-corrected chi connectivity index (χ4v) is 2.32. The highest BCUT2D eigenvalue weighted by Crippen LogP contribution is 2.39. The Morgan fingerprint density at radius 2 is 1.95 bits per heavy atom. The van der Waals surface area contributed by atoms with Gasteiger partial charge in [-0.1, -0.05) is 6.42 Å². The second-order valence-corrected chi connectivity index (χ2v) is 4.89. The van der Waals surface area contributed by atoms with Gasteiger partial charge in [0.1, 0.15) is 0 Å². The largest absolute Gasteiger partial charge is 0.481 e. The molecule has 1 aliphatic carbocycles. The highest BCUT2D eigenvalue weighted by atomic mass is 19.4. The van der Waals surface area contributed by atoms with Gasteiger partial charge in [0.2, 0.25) is 5.91 Å². The number of amides is 1. The number of carboxylic acids is 1. The number of aliphatic carboxylic acids is 1. The van der Waals surface area contributed by atoms with Crippen LogP contribution >= 0.6 is 0 Å².